The molecule has 0 atom stereocenters. The second-order valence-corrected chi connectivity index (χ2v) is 6.53. The fourth-order valence-electron chi connectivity index (χ4n) is 1.34. The van der Waals surface area contributed by atoms with Gasteiger partial charge in [0.2, 0.25) is 15.9 Å². The number of aromatic nitrogens is 2. The zero-order valence-electron chi connectivity index (χ0n) is 10.2. The summed E-state index contributed by atoms with van der Waals surface area (Å²) in [5.41, 5.74) is 0.789. The van der Waals surface area contributed by atoms with Crippen LogP contribution in [0.1, 0.15) is 0 Å². The summed E-state index contributed by atoms with van der Waals surface area (Å²) >= 11 is 1.59. The average molecular weight is 299 g/mol. The SMILES string of the molecule is CS(=O)(=O)NCCOc1ccc(-c2cccs2)nn1. The lowest BCUT2D eigenvalue weighted by atomic mass is 10.3. The van der Waals surface area contributed by atoms with Gasteiger partial charge in [-0.25, -0.2) is 13.1 Å². The van der Waals surface area contributed by atoms with Crippen molar-refractivity contribution in [3.8, 4) is 16.5 Å². The van der Waals surface area contributed by atoms with E-state index < -0.39 is 10.0 Å². The van der Waals surface area contributed by atoms with E-state index in [2.05, 4.69) is 14.9 Å². The summed E-state index contributed by atoms with van der Waals surface area (Å²) in [6.07, 6.45) is 1.10. The van der Waals surface area contributed by atoms with Crippen LogP contribution in [0.25, 0.3) is 10.6 Å². The first-order valence-electron chi connectivity index (χ1n) is 5.50. The molecule has 0 saturated heterocycles. The molecule has 0 amide bonds. The fraction of sp³-hybridized carbons (Fsp3) is 0.273. The van der Waals surface area contributed by atoms with Gasteiger partial charge in [-0.15, -0.1) is 21.5 Å². The van der Waals surface area contributed by atoms with E-state index in [1.807, 2.05) is 23.6 Å². The maximum Gasteiger partial charge on any atom is 0.233 e. The molecule has 1 N–H and O–H groups in total. The Morgan fingerprint density at radius 3 is 2.74 bits per heavy atom. The summed E-state index contributed by atoms with van der Waals surface area (Å²) in [5.74, 6) is 0.371. The van der Waals surface area contributed by atoms with E-state index >= 15 is 0 Å². The lowest BCUT2D eigenvalue weighted by Crippen LogP contribution is -2.27. The molecular weight excluding hydrogens is 286 g/mol. The summed E-state index contributed by atoms with van der Waals surface area (Å²) in [4.78, 5) is 1.04. The Kier molecular flexibility index (Phi) is 4.46. The van der Waals surface area contributed by atoms with Crippen molar-refractivity contribution in [2.75, 3.05) is 19.4 Å². The van der Waals surface area contributed by atoms with Crippen molar-refractivity contribution in [2.45, 2.75) is 0 Å². The van der Waals surface area contributed by atoms with Crippen molar-refractivity contribution in [3.63, 3.8) is 0 Å². The molecule has 2 aromatic rings. The quantitative estimate of drug-likeness (QED) is 0.809. The van der Waals surface area contributed by atoms with Crippen molar-refractivity contribution in [3.05, 3.63) is 29.6 Å². The maximum atomic E-state index is 10.8. The van der Waals surface area contributed by atoms with E-state index in [-0.39, 0.29) is 13.2 Å². The van der Waals surface area contributed by atoms with Crippen molar-refractivity contribution < 1.29 is 13.2 Å². The molecule has 0 aliphatic rings. The molecular formula is C11H13N3O3S2. The molecule has 0 aliphatic carbocycles. The van der Waals surface area contributed by atoms with E-state index in [1.165, 1.54) is 0 Å². The first-order valence-corrected chi connectivity index (χ1v) is 8.27. The minimum absolute atomic E-state index is 0.202. The Labute approximate surface area is 115 Å². The van der Waals surface area contributed by atoms with Crippen LogP contribution in [0.2, 0.25) is 0 Å². The van der Waals surface area contributed by atoms with Crippen LogP contribution < -0.4 is 9.46 Å². The van der Waals surface area contributed by atoms with E-state index in [9.17, 15) is 8.42 Å². The minimum atomic E-state index is -3.18. The number of rotatable bonds is 6. The molecule has 0 radical (unpaired) electrons. The highest BCUT2D eigenvalue weighted by atomic mass is 32.2. The zero-order chi connectivity index (χ0) is 13.7. The number of nitrogens with zero attached hydrogens (tertiary/aromatic N) is 2. The third kappa shape index (κ3) is 4.58. The molecule has 0 aliphatic heterocycles. The molecule has 0 bridgehead atoms. The molecule has 2 rings (SSSR count). The third-order valence-electron chi connectivity index (χ3n) is 2.13. The number of sulfonamides is 1. The highest BCUT2D eigenvalue weighted by molar-refractivity contribution is 7.88. The Hall–Kier alpha value is -1.51. The standard InChI is InChI=1S/C11H13N3O3S2/c1-19(15,16)12-6-7-17-11-5-4-9(13-14-11)10-3-2-8-18-10/h2-5,8,12H,6-7H2,1H3. The predicted molar refractivity (Wildman–Crippen MR) is 73.7 cm³/mol. The molecule has 2 heterocycles. The largest absolute Gasteiger partial charge is 0.475 e. The molecule has 8 heteroatoms. The van der Waals surface area contributed by atoms with Gasteiger partial charge in [0.15, 0.2) is 0 Å². The van der Waals surface area contributed by atoms with Crippen LogP contribution in [0, 0.1) is 0 Å². The molecule has 102 valence electrons. The number of nitrogens with one attached hydrogen (secondary N) is 1. The Balaban J connectivity index is 1.86. The van der Waals surface area contributed by atoms with Crippen LogP contribution in [0.3, 0.4) is 0 Å². The van der Waals surface area contributed by atoms with Crippen LogP contribution in [0.15, 0.2) is 29.6 Å². The summed E-state index contributed by atoms with van der Waals surface area (Å²) < 4.78 is 29.3. The van der Waals surface area contributed by atoms with Gasteiger partial charge in [0.25, 0.3) is 0 Å². The van der Waals surface area contributed by atoms with Crippen molar-refractivity contribution >= 4 is 21.4 Å². The molecule has 0 spiro atoms. The zero-order valence-corrected chi connectivity index (χ0v) is 11.9. The number of ether oxygens (including phenoxy) is 1. The first kappa shape index (κ1) is 13.9. The van der Waals surface area contributed by atoms with Crippen molar-refractivity contribution in [1.29, 1.82) is 0 Å². The Morgan fingerprint density at radius 2 is 2.16 bits per heavy atom. The highest BCUT2D eigenvalue weighted by Crippen LogP contribution is 2.22. The molecule has 19 heavy (non-hydrogen) atoms. The van der Waals surface area contributed by atoms with Gasteiger partial charge in [0, 0.05) is 12.6 Å². The van der Waals surface area contributed by atoms with E-state index in [0.29, 0.717) is 5.88 Å². The monoisotopic (exact) mass is 299 g/mol. The number of hydrogen-bond donors (Lipinski definition) is 1. The minimum Gasteiger partial charge on any atom is -0.475 e. The summed E-state index contributed by atoms with van der Waals surface area (Å²) in [7, 11) is -3.18. The average Bonchev–Trinajstić information content (AvgIpc) is 2.88. The maximum absolute atomic E-state index is 10.8. The van der Waals surface area contributed by atoms with E-state index in [0.717, 1.165) is 16.8 Å². The molecule has 0 fully saturated rings. The highest BCUT2D eigenvalue weighted by Gasteiger charge is 2.03. The second-order valence-electron chi connectivity index (χ2n) is 3.75. The van der Waals surface area contributed by atoms with Gasteiger partial charge in [-0.1, -0.05) is 6.07 Å². The lowest BCUT2D eigenvalue weighted by Gasteiger charge is -2.05. The molecule has 0 aromatic carbocycles. The van der Waals surface area contributed by atoms with Crippen LogP contribution in [-0.2, 0) is 10.0 Å². The van der Waals surface area contributed by atoms with Gasteiger partial charge < -0.3 is 4.74 Å². The Morgan fingerprint density at radius 1 is 1.32 bits per heavy atom. The van der Waals surface area contributed by atoms with Gasteiger partial charge in [0.05, 0.1) is 11.1 Å². The number of thiophene rings is 1. The topological polar surface area (TPSA) is 81.2 Å². The molecule has 0 unspecified atom stereocenters. The van der Waals surface area contributed by atoms with Gasteiger partial charge in [-0.05, 0) is 17.5 Å². The van der Waals surface area contributed by atoms with Crippen molar-refractivity contribution in [1.82, 2.24) is 14.9 Å². The summed E-state index contributed by atoms with van der Waals surface area (Å²) in [5, 5.41) is 9.94. The van der Waals surface area contributed by atoms with Crippen LogP contribution in [-0.4, -0.2) is 38.0 Å². The summed E-state index contributed by atoms with van der Waals surface area (Å²) in [6, 6.07) is 7.44. The molecule has 0 saturated carbocycles. The smallest absolute Gasteiger partial charge is 0.233 e. The van der Waals surface area contributed by atoms with Gasteiger partial charge >= 0.3 is 0 Å². The number of hydrogen-bond acceptors (Lipinski definition) is 6. The fourth-order valence-corrected chi connectivity index (χ4v) is 2.48. The second kappa shape index (κ2) is 6.09. The molecule has 2 aromatic heterocycles. The van der Waals surface area contributed by atoms with Gasteiger partial charge in [-0.2, -0.15) is 0 Å². The van der Waals surface area contributed by atoms with Gasteiger partial charge in [-0.3, -0.25) is 0 Å². The normalized spacial score (nSPS) is 11.4. The predicted octanol–water partition coefficient (Wildman–Crippen LogP) is 1.13. The van der Waals surface area contributed by atoms with Crippen LogP contribution in [0.4, 0.5) is 0 Å². The van der Waals surface area contributed by atoms with E-state index in [4.69, 9.17) is 4.74 Å². The van der Waals surface area contributed by atoms with Gasteiger partial charge in [0.1, 0.15) is 12.3 Å². The Bertz CT molecular complexity index is 609. The van der Waals surface area contributed by atoms with E-state index in [1.54, 1.807) is 17.4 Å². The molecule has 6 nitrogen and oxygen atoms in total. The van der Waals surface area contributed by atoms with Crippen LogP contribution >= 0.6 is 11.3 Å². The van der Waals surface area contributed by atoms with Crippen molar-refractivity contribution in [2.24, 2.45) is 0 Å². The lowest BCUT2D eigenvalue weighted by molar-refractivity contribution is 0.307. The third-order valence-corrected chi connectivity index (χ3v) is 3.75. The van der Waals surface area contributed by atoms with Crippen LogP contribution in [0.5, 0.6) is 5.88 Å². The first-order chi connectivity index (χ1) is 9.04. The summed E-state index contributed by atoms with van der Waals surface area (Å²) in [6.45, 7) is 0.410.